The third-order valence-electron chi connectivity index (χ3n) is 4.52. The van der Waals surface area contributed by atoms with Crippen molar-refractivity contribution in [3.63, 3.8) is 0 Å². The third-order valence-corrected chi connectivity index (χ3v) is 4.85. The van der Waals surface area contributed by atoms with E-state index in [2.05, 4.69) is 10.1 Å². The zero-order chi connectivity index (χ0) is 16.9. The first-order valence-electron chi connectivity index (χ1n) is 8.12. The van der Waals surface area contributed by atoms with Crippen molar-refractivity contribution in [2.45, 2.75) is 57.0 Å². The number of ether oxygens (including phenoxy) is 1. The first kappa shape index (κ1) is 18.0. The van der Waals surface area contributed by atoms with Crippen LogP contribution in [0, 0.1) is 0 Å². The van der Waals surface area contributed by atoms with E-state index in [4.69, 9.17) is 11.6 Å². The van der Waals surface area contributed by atoms with Crippen molar-refractivity contribution < 1.29 is 14.3 Å². The molecule has 1 fully saturated rings. The third kappa shape index (κ3) is 4.12. The Morgan fingerprint density at radius 1 is 1.39 bits per heavy atom. The van der Waals surface area contributed by atoms with E-state index in [1.165, 1.54) is 7.11 Å². The summed E-state index contributed by atoms with van der Waals surface area (Å²) in [7, 11) is 1.39. The SMILES string of the molecule is COC(=O)CCC(C)N[C@]1(c2ccccc2Cl)CCCCC1=O. The van der Waals surface area contributed by atoms with Gasteiger partial charge in [0.2, 0.25) is 0 Å². The smallest absolute Gasteiger partial charge is 0.305 e. The number of ketones is 1. The van der Waals surface area contributed by atoms with Gasteiger partial charge in [-0.2, -0.15) is 0 Å². The van der Waals surface area contributed by atoms with Crippen molar-refractivity contribution in [1.82, 2.24) is 5.32 Å². The summed E-state index contributed by atoms with van der Waals surface area (Å²) >= 11 is 6.38. The monoisotopic (exact) mass is 337 g/mol. The molecule has 1 saturated carbocycles. The number of benzene rings is 1. The maximum Gasteiger partial charge on any atom is 0.305 e. The molecule has 4 nitrogen and oxygen atoms in total. The molecule has 0 amide bonds. The lowest BCUT2D eigenvalue weighted by Crippen LogP contribution is -2.54. The molecule has 1 aromatic rings. The molecule has 23 heavy (non-hydrogen) atoms. The van der Waals surface area contributed by atoms with E-state index in [1.807, 2.05) is 31.2 Å². The zero-order valence-electron chi connectivity index (χ0n) is 13.7. The molecule has 0 saturated heterocycles. The minimum Gasteiger partial charge on any atom is -0.469 e. The van der Waals surface area contributed by atoms with Crippen molar-refractivity contribution in [1.29, 1.82) is 0 Å². The summed E-state index contributed by atoms with van der Waals surface area (Å²) in [5, 5.41) is 4.08. The van der Waals surface area contributed by atoms with Gasteiger partial charge in [0.15, 0.2) is 5.78 Å². The molecule has 1 aromatic carbocycles. The maximum absolute atomic E-state index is 12.8. The van der Waals surface area contributed by atoms with Gasteiger partial charge in [0.25, 0.3) is 0 Å². The molecule has 0 spiro atoms. The average Bonchev–Trinajstić information content (AvgIpc) is 2.55. The second-order valence-electron chi connectivity index (χ2n) is 6.18. The minimum absolute atomic E-state index is 0.00687. The molecule has 0 aliphatic heterocycles. The molecule has 0 bridgehead atoms. The van der Waals surface area contributed by atoms with Crippen LogP contribution in [0.5, 0.6) is 0 Å². The Kier molecular flexibility index (Phi) is 6.19. The zero-order valence-corrected chi connectivity index (χ0v) is 14.5. The van der Waals surface area contributed by atoms with Gasteiger partial charge in [-0.05, 0) is 37.8 Å². The molecule has 1 aliphatic rings. The number of hydrogen-bond acceptors (Lipinski definition) is 4. The fourth-order valence-electron chi connectivity index (χ4n) is 3.28. The minimum atomic E-state index is -0.744. The van der Waals surface area contributed by atoms with Crippen LogP contribution >= 0.6 is 11.6 Å². The van der Waals surface area contributed by atoms with Crippen molar-refractivity contribution in [2.75, 3.05) is 7.11 Å². The van der Waals surface area contributed by atoms with Gasteiger partial charge in [0.1, 0.15) is 5.54 Å². The Morgan fingerprint density at radius 2 is 2.13 bits per heavy atom. The molecule has 0 aromatic heterocycles. The number of hydrogen-bond donors (Lipinski definition) is 1. The highest BCUT2D eigenvalue weighted by Crippen LogP contribution is 2.38. The largest absolute Gasteiger partial charge is 0.469 e. The van der Waals surface area contributed by atoms with Gasteiger partial charge in [-0.1, -0.05) is 36.2 Å². The van der Waals surface area contributed by atoms with Gasteiger partial charge >= 0.3 is 5.97 Å². The number of esters is 1. The molecule has 5 heteroatoms. The Balaban J connectivity index is 2.23. The number of rotatable bonds is 6. The fraction of sp³-hybridized carbons (Fsp3) is 0.556. The summed E-state index contributed by atoms with van der Waals surface area (Å²) in [6, 6.07) is 7.53. The summed E-state index contributed by atoms with van der Waals surface area (Å²) in [5.41, 5.74) is 0.0999. The highest BCUT2D eigenvalue weighted by atomic mass is 35.5. The van der Waals surface area contributed by atoms with Gasteiger partial charge < -0.3 is 4.74 Å². The van der Waals surface area contributed by atoms with Gasteiger partial charge in [-0.3, -0.25) is 14.9 Å². The molecule has 2 atom stereocenters. The van der Waals surface area contributed by atoms with E-state index < -0.39 is 5.54 Å². The average molecular weight is 338 g/mol. The van der Waals surface area contributed by atoms with Crippen LogP contribution in [0.2, 0.25) is 5.02 Å². The van der Waals surface area contributed by atoms with E-state index >= 15 is 0 Å². The summed E-state index contributed by atoms with van der Waals surface area (Å²) in [6.45, 7) is 1.99. The topological polar surface area (TPSA) is 55.4 Å². The van der Waals surface area contributed by atoms with Gasteiger partial charge in [0, 0.05) is 23.9 Å². The number of carbonyl (C=O) groups is 2. The Hall–Kier alpha value is -1.39. The number of halogens is 1. The summed E-state index contributed by atoms with van der Waals surface area (Å²) in [5.74, 6) is -0.0535. The molecule has 0 radical (unpaired) electrons. The number of carbonyl (C=O) groups excluding carboxylic acids is 2. The van der Waals surface area contributed by atoms with E-state index in [-0.39, 0.29) is 17.8 Å². The van der Waals surface area contributed by atoms with Crippen LogP contribution in [-0.4, -0.2) is 24.9 Å². The predicted octanol–water partition coefficient (Wildman–Crippen LogP) is 3.61. The molecular formula is C18H24ClNO3. The van der Waals surface area contributed by atoms with Crippen molar-refractivity contribution in [3.05, 3.63) is 34.9 Å². The quantitative estimate of drug-likeness (QED) is 0.806. The number of nitrogens with one attached hydrogen (secondary N) is 1. The molecule has 2 rings (SSSR count). The second-order valence-corrected chi connectivity index (χ2v) is 6.58. The van der Waals surface area contributed by atoms with Crippen molar-refractivity contribution in [3.8, 4) is 0 Å². The van der Waals surface area contributed by atoms with Crippen LogP contribution in [0.25, 0.3) is 0 Å². The second kappa shape index (κ2) is 7.93. The van der Waals surface area contributed by atoms with Gasteiger partial charge in [-0.15, -0.1) is 0 Å². The predicted molar refractivity (Wildman–Crippen MR) is 90.5 cm³/mol. The fourth-order valence-corrected chi connectivity index (χ4v) is 3.58. The number of methoxy groups -OCH3 is 1. The molecule has 126 valence electrons. The normalized spacial score (nSPS) is 22.7. The lowest BCUT2D eigenvalue weighted by molar-refractivity contribution is -0.140. The van der Waals surface area contributed by atoms with Crippen molar-refractivity contribution in [2.24, 2.45) is 0 Å². The summed E-state index contributed by atoms with van der Waals surface area (Å²) < 4.78 is 4.69. The molecular weight excluding hydrogens is 314 g/mol. The first-order valence-corrected chi connectivity index (χ1v) is 8.50. The van der Waals surface area contributed by atoms with Crippen LogP contribution in [0.3, 0.4) is 0 Å². The highest BCUT2D eigenvalue weighted by Gasteiger charge is 2.43. The van der Waals surface area contributed by atoms with Gasteiger partial charge in [0.05, 0.1) is 7.11 Å². The standard InChI is InChI=1S/C18H24ClNO3/c1-13(10-11-17(22)23-2)20-18(12-6-5-9-16(18)21)14-7-3-4-8-15(14)19/h3-4,7-8,13,20H,5-6,9-12H2,1-2H3/t13?,18-/m0/s1. The Labute approximate surface area is 142 Å². The van der Waals surface area contributed by atoms with E-state index in [0.717, 1.165) is 24.8 Å². The number of Topliss-reactive ketones (excluding diaryl/α,β-unsaturated/α-hetero) is 1. The molecule has 1 N–H and O–H groups in total. The van der Waals surface area contributed by atoms with Crippen LogP contribution < -0.4 is 5.32 Å². The molecule has 1 unspecified atom stereocenters. The van der Waals surface area contributed by atoms with Crippen LogP contribution in [-0.2, 0) is 19.9 Å². The molecule has 1 aliphatic carbocycles. The van der Waals surface area contributed by atoms with Gasteiger partial charge in [-0.25, -0.2) is 0 Å². The van der Waals surface area contributed by atoms with E-state index in [1.54, 1.807) is 0 Å². The van der Waals surface area contributed by atoms with E-state index in [9.17, 15) is 9.59 Å². The lowest BCUT2D eigenvalue weighted by Gasteiger charge is -2.40. The first-order chi connectivity index (χ1) is 11.0. The lowest BCUT2D eigenvalue weighted by atomic mass is 9.75. The Bertz CT molecular complexity index is 575. The van der Waals surface area contributed by atoms with Crippen molar-refractivity contribution >= 4 is 23.4 Å². The van der Waals surface area contributed by atoms with Crippen LogP contribution in [0.1, 0.15) is 51.0 Å². The maximum atomic E-state index is 12.8. The summed E-state index contributed by atoms with van der Waals surface area (Å²) in [6.07, 6.45) is 4.14. The molecule has 0 heterocycles. The van der Waals surface area contributed by atoms with Crippen LogP contribution in [0.4, 0.5) is 0 Å². The summed E-state index contributed by atoms with van der Waals surface area (Å²) in [4.78, 5) is 24.1. The van der Waals surface area contributed by atoms with Crippen LogP contribution in [0.15, 0.2) is 24.3 Å². The highest BCUT2D eigenvalue weighted by molar-refractivity contribution is 6.31. The Morgan fingerprint density at radius 3 is 2.78 bits per heavy atom. The van der Waals surface area contributed by atoms with E-state index in [0.29, 0.717) is 24.3 Å².